The standard InChI is InChI=1S/C17H18Br2OSi/c1-14(12-17(18)19)13-20-21(15-8-4-2-5-9-15)16-10-6-3-7-11-16/h2-12,14,21H,13H2,1H3. The third-order valence-corrected chi connectivity index (χ3v) is 6.18. The molecule has 1 unspecified atom stereocenters. The van der Waals surface area contributed by atoms with Crippen LogP contribution in [-0.4, -0.2) is 15.6 Å². The van der Waals surface area contributed by atoms with Crippen molar-refractivity contribution in [3.05, 3.63) is 70.1 Å². The third kappa shape index (κ3) is 5.55. The molecule has 4 heteroatoms. The van der Waals surface area contributed by atoms with Gasteiger partial charge in [-0.1, -0.05) is 73.7 Å². The summed E-state index contributed by atoms with van der Waals surface area (Å²) in [6.07, 6.45) is 2.11. The van der Waals surface area contributed by atoms with E-state index in [1.54, 1.807) is 0 Å². The summed E-state index contributed by atoms with van der Waals surface area (Å²) in [6.45, 7) is 2.88. The predicted octanol–water partition coefficient (Wildman–Crippen LogP) is 3.81. The first kappa shape index (κ1) is 16.7. The summed E-state index contributed by atoms with van der Waals surface area (Å²) in [6, 6.07) is 21.1. The maximum Gasteiger partial charge on any atom is 0.239 e. The Morgan fingerprint density at radius 2 is 1.48 bits per heavy atom. The molecule has 0 spiro atoms. The molecule has 0 saturated heterocycles. The number of hydrogen-bond acceptors (Lipinski definition) is 1. The SMILES string of the molecule is CC(C=C(Br)Br)CO[SiH](c1ccccc1)c1ccccc1. The van der Waals surface area contributed by atoms with Crippen LogP contribution in [0, 0.1) is 5.92 Å². The maximum absolute atomic E-state index is 6.33. The molecule has 0 aliphatic rings. The normalized spacial score (nSPS) is 12.2. The fourth-order valence-corrected chi connectivity index (χ4v) is 5.46. The van der Waals surface area contributed by atoms with Gasteiger partial charge in [0.1, 0.15) is 0 Å². The summed E-state index contributed by atoms with van der Waals surface area (Å²) in [4.78, 5) is 0. The molecule has 0 bridgehead atoms. The lowest BCUT2D eigenvalue weighted by atomic mass is 10.2. The van der Waals surface area contributed by atoms with Crippen LogP contribution in [0.1, 0.15) is 6.92 Å². The highest BCUT2D eigenvalue weighted by atomic mass is 79.9. The van der Waals surface area contributed by atoms with Crippen LogP contribution in [0.2, 0.25) is 0 Å². The predicted molar refractivity (Wildman–Crippen MR) is 100 cm³/mol. The van der Waals surface area contributed by atoms with Crippen molar-refractivity contribution in [1.82, 2.24) is 0 Å². The van der Waals surface area contributed by atoms with Gasteiger partial charge in [0.15, 0.2) is 0 Å². The highest BCUT2D eigenvalue weighted by Crippen LogP contribution is 2.16. The van der Waals surface area contributed by atoms with E-state index in [1.807, 2.05) is 12.1 Å². The van der Waals surface area contributed by atoms with Gasteiger partial charge in [-0.15, -0.1) is 0 Å². The van der Waals surface area contributed by atoms with Crippen LogP contribution in [0.15, 0.2) is 70.1 Å². The van der Waals surface area contributed by atoms with Crippen LogP contribution in [0.3, 0.4) is 0 Å². The summed E-state index contributed by atoms with van der Waals surface area (Å²) in [5.41, 5.74) is 0. The van der Waals surface area contributed by atoms with Crippen LogP contribution in [0.5, 0.6) is 0 Å². The van der Waals surface area contributed by atoms with E-state index in [1.165, 1.54) is 10.4 Å². The minimum atomic E-state index is -1.61. The van der Waals surface area contributed by atoms with Gasteiger partial charge in [-0.3, -0.25) is 0 Å². The Hall–Kier alpha value is -0.683. The van der Waals surface area contributed by atoms with Crippen molar-refractivity contribution in [3.63, 3.8) is 0 Å². The maximum atomic E-state index is 6.33. The second-order valence-electron chi connectivity index (χ2n) is 4.97. The van der Waals surface area contributed by atoms with E-state index >= 15 is 0 Å². The molecule has 0 fully saturated rings. The van der Waals surface area contributed by atoms with Crippen molar-refractivity contribution >= 4 is 51.3 Å². The molecule has 0 aliphatic heterocycles. The first-order valence-electron chi connectivity index (χ1n) is 6.91. The van der Waals surface area contributed by atoms with E-state index in [-0.39, 0.29) is 0 Å². The van der Waals surface area contributed by atoms with Crippen molar-refractivity contribution in [3.8, 4) is 0 Å². The third-order valence-electron chi connectivity index (χ3n) is 3.14. The molecule has 0 heterocycles. The first-order chi connectivity index (χ1) is 10.2. The van der Waals surface area contributed by atoms with Gasteiger partial charge in [-0.2, -0.15) is 0 Å². The molecular formula is C17H18Br2OSi. The zero-order valence-corrected chi connectivity index (χ0v) is 16.2. The van der Waals surface area contributed by atoms with Gasteiger partial charge in [-0.25, -0.2) is 0 Å². The van der Waals surface area contributed by atoms with Gasteiger partial charge in [-0.05, 0) is 48.2 Å². The Bertz CT molecular complexity index is 528. The minimum Gasteiger partial charge on any atom is -0.410 e. The molecule has 0 aliphatic carbocycles. The van der Waals surface area contributed by atoms with Crippen molar-refractivity contribution in [2.24, 2.45) is 5.92 Å². The van der Waals surface area contributed by atoms with Gasteiger partial charge >= 0.3 is 0 Å². The smallest absolute Gasteiger partial charge is 0.239 e. The minimum absolute atomic E-state index is 0.362. The van der Waals surface area contributed by atoms with Gasteiger partial charge in [0.05, 0.1) is 3.39 Å². The van der Waals surface area contributed by atoms with Crippen LogP contribution >= 0.6 is 31.9 Å². The summed E-state index contributed by atoms with van der Waals surface area (Å²) >= 11 is 6.81. The molecule has 0 radical (unpaired) electrons. The van der Waals surface area contributed by atoms with Crippen molar-refractivity contribution in [2.45, 2.75) is 6.92 Å². The molecule has 1 atom stereocenters. The van der Waals surface area contributed by atoms with Gasteiger partial charge in [0.25, 0.3) is 0 Å². The lowest BCUT2D eigenvalue weighted by molar-refractivity contribution is 0.297. The van der Waals surface area contributed by atoms with Crippen LogP contribution < -0.4 is 10.4 Å². The molecule has 2 aromatic rings. The Balaban J connectivity index is 2.16. The molecule has 21 heavy (non-hydrogen) atoms. The van der Waals surface area contributed by atoms with Gasteiger partial charge in [0, 0.05) is 6.61 Å². The van der Waals surface area contributed by atoms with Crippen molar-refractivity contribution < 1.29 is 4.43 Å². The lowest BCUT2D eigenvalue weighted by Crippen LogP contribution is -2.45. The average molecular weight is 426 g/mol. The van der Waals surface area contributed by atoms with E-state index in [0.29, 0.717) is 5.92 Å². The second-order valence-corrected chi connectivity index (χ2v) is 10.2. The van der Waals surface area contributed by atoms with Crippen LogP contribution in [-0.2, 0) is 4.43 Å². The molecule has 110 valence electrons. The highest BCUT2D eigenvalue weighted by Gasteiger charge is 2.18. The van der Waals surface area contributed by atoms with E-state index < -0.39 is 9.04 Å². The van der Waals surface area contributed by atoms with E-state index in [0.717, 1.165) is 10.00 Å². The van der Waals surface area contributed by atoms with Crippen LogP contribution in [0.25, 0.3) is 0 Å². The van der Waals surface area contributed by atoms with Gasteiger partial charge < -0.3 is 4.43 Å². The summed E-state index contributed by atoms with van der Waals surface area (Å²) in [5, 5.41) is 2.63. The molecule has 1 nitrogen and oxygen atoms in total. The molecule has 0 N–H and O–H groups in total. The number of hydrogen-bond donors (Lipinski definition) is 0. The molecule has 0 aromatic heterocycles. The first-order valence-corrected chi connectivity index (χ1v) is 10.1. The fourth-order valence-electron chi connectivity index (χ4n) is 2.15. The zero-order valence-electron chi connectivity index (χ0n) is 11.9. The Kier molecular flexibility index (Phi) is 6.90. The number of rotatable bonds is 6. The molecule has 2 aromatic carbocycles. The summed E-state index contributed by atoms with van der Waals surface area (Å²) < 4.78 is 7.31. The molecular weight excluding hydrogens is 408 g/mol. The largest absolute Gasteiger partial charge is 0.410 e. The fraction of sp³-hybridized carbons (Fsp3) is 0.176. The monoisotopic (exact) mass is 424 g/mol. The highest BCUT2D eigenvalue weighted by molar-refractivity contribution is 9.28. The van der Waals surface area contributed by atoms with E-state index in [2.05, 4.69) is 93.4 Å². The Morgan fingerprint density at radius 3 is 1.90 bits per heavy atom. The quantitative estimate of drug-likeness (QED) is 0.639. The van der Waals surface area contributed by atoms with E-state index in [9.17, 15) is 0 Å². The summed E-state index contributed by atoms with van der Waals surface area (Å²) in [7, 11) is -1.61. The summed E-state index contributed by atoms with van der Waals surface area (Å²) in [5.74, 6) is 0.362. The Morgan fingerprint density at radius 1 is 1.00 bits per heavy atom. The number of benzene rings is 2. The Labute approximate surface area is 145 Å². The number of halogens is 2. The molecule has 0 saturated carbocycles. The van der Waals surface area contributed by atoms with E-state index in [4.69, 9.17) is 4.43 Å². The van der Waals surface area contributed by atoms with Crippen molar-refractivity contribution in [2.75, 3.05) is 6.61 Å². The lowest BCUT2D eigenvalue weighted by Gasteiger charge is -2.19. The average Bonchev–Trinajstić information content (AvgIpc) is 2.49. The van der Waals surface area contributed by atoms with Crippen LogP contribution in [0.4, 0.5) is 0 Å². The van der Waals surface area contributed by atoms with Gasteiger partial charge in [0.2, 0.25) is 9.04 Å². The topological polar surface area (TPSA) is 9.23 Å². The van der Waals surface area contributed by atoms with Crippen molar-refractivity contribution in [1.29, 1.82) is 0 Å². The molecule has 0 amide bonds. The zero-order chi connectivity index (χ0) is 15.1. The second kappa shape index (κ2) is 8.69. The molecule has 2 rings (SSSR count).